The van der Waals surface area contributed by atoms with Crippen molar-refractivity contribution in [1.82, 2.24) is 24.7 Å². The van der Waals surface area contributed by atoms with Gasteiger partial charge in [-0.05, 0) is 39.7 Å². The second-order valence-corrected chi connectivity index (χ2v) is 6.41. The molecule has 7 heteroatoms. The Morgan fingerprint density at radius 1 is 1.25 bits per heavy atom. The molecule has 0 saturated carbocycles. The number of imidazole rings is 1. The Morgan fingerprint density at radius 3 is 2.67 bits per heavy atom. The minimum Gasteiger partial charge on any atom is -0.469 e. The number of H-pyrrole nitrogens is 1. The molecule has 1 N–H and O–H groups in total. The van der Waals surface area contributed by atoms with Crippen LogP contribution in [-0.2, 0) is 4.74 Å². The summed E-state index contributed by atoms with van der Waals surface area (Å²) >= 11 is 0. The standard InChI is InChI=1S/C17H21N5O2/c1-10-8-13(9-11(2)24-10)22-17(14-4-7-23-12(14)3)20-16(21-22)15-18-5-6-19-15/h4-7,10-11,13H,8-9H2,1-3H3,(H,18,19). The van der Waals surface area contributed by atoms with Crippen molar-refractivity contribution in [2.75, 3.05) is 0 Å². The van der Waals surface area contributed by atoms with Crippen molar-refractivity contribution in [1.29, 1.82) is 0 Å². The number of hydrogen-bond donors (Lipinski definition) is 1. The van der Waals surface area contributed by atoms with Crippen molar-refractivity contribution < 1.29 is 9.15 Å². The van der Waals surface area contributed by atoms with Crippen molar-refractivity contribution in [3.05, 3.63) is 30.5 Å². The fraction of sp³-hybridized carbons (Fsp3) is 0.471. The lowest BCUT2D eigenvalue weighted by atomic mass is 10.00. The lowest BCUT2D eigenvalue weighted by Crippen LogP contribution is -2.31. The van der Waals surface area contributed by atoms with Gasteiger partial charge in [-0.2, -0.15) is 0 Å². The van der Waals surface area contributed by atoms with E-state index in [4.69, 9.17) is 19.2 Å². The van der Waals surface area contributed by atoms with Crippen LogP contribution < -0.4 is 0 Å². The maximum atomic E-state index is 5.87. The van der Waals surface area contributed by atoms with E-state index in [1.165, 1.54) is 0 Å². The Balaban J connectivity index is 1.81. The molecule has 1 aliphatic rings. The van der Waals surface area contributed by atoms with Crippen molar-refractivity contribution >= 4 is 0 Å². The predicted molar refractivity (Wildman–Crippen MR) is 88.3 cm³/mol. The van der Waals surface area contributed by atoms with Gasteiger partial charge >= 0.3 is 0 Å². The molecule has 2 atom stereocenters. The lowest BCUT2D eigenvalue weighted by molar-refractivity contribution is -0.0503. The summed E-state index contributed by atoms with van der Waals surface area (Å²) in [6.07, 6.45) is 7.40. The molecule has 7 nitrogen and oxygen atoms in total. The Morgan fingerprint density at radius 2 is 2.04 bits per heavy atom. The molecule has 0 aliphatic carbocycles. The van der Waals surface area contributed by atoms with E-state index in [1.54, 1.807) is 18.7 Å². The number of aromatic nitrogens is 5. The van der Waals surface area contributed by atoms with Crippen molar-refractivity contribution in [3.8, 4) is 23.0 Å². The van der Waals surface area contributed by atoms with E-state index in [0.29, 0.717) is 11.6 Å². The molecule has 0 spiro atoms. The molecule has 0 aromatic carbocycles. The van der Waals surface area contributed by atoms with E-state index in [1.807, 2.05) is 17.7 Å². The second kappa shape index (κ2) is 5.90. The van der Waals surface area contributed by atoms with Crippen LogP contribution in [-0.4, -0.2) is 36.9 Å². The summed E-state index contributed by atoms with van der Waals surface area (Å²) in [5.41, 5.74) is 0.965. The van der Waals surface area contributed by atoms with Gasteiger partial charge in [-0.1, -0.05) is 0 Å². The van der Waals surface area contributed by atoms with Crippen LogP contribution in [0.4, 0.5) is 0 Å². The van der Waals surface area contributed by atoms with E-state index in [-0.39, 0.29) is 18.2 Å². The zero-order valence-corrected chi connectivity index (χ0v) is 14.1. The molecule has 4 rings (SSSR count). The molecule has 1 aliphatic heterocycles. The third-order valence-electron chi connectivity index (χ3n) is 4.46. The number of aromatic amines is 1. The number of rotatable bonds is 3. The molecular weight excluding hydrogens is 306 g/mol. The van der Waals surface area contributed by atoms with Crippen molar-refractivity contribution in [3.63, 3.8) is 0 Å². The third kappa shape index (κ3) is 2.65. The maximum Gasteiger partial charge on any atom is 0.217 e. The summed E-state index contributed by atoms with van der Waals surface area (Å²) in [7, 11) is 0. The second-order valence-electron chi connectivity index (χ2n) is 6.41. The first-order valence-corrected chi connectivity index (χ1v) is 8.28. The summed E-state index contributed by atoms with van der Waals surface area (Å²) in [5.74, 6) is 2.92. The summed E-state index contributed by atoms with van der Waals surface area (Å²) in [4.78, 5) is 12.1. The lowest BCUT2D eigenvalue weighted by Gasteiger charge is -2.32. The SMILES string of the molecule is Cc1occc1-c1nc(-c2ncc[nH]2)nn1C1CC(C)OC(C)C1. The molecule has 0 amide bonds. The minimum absolute atomic E-state index is 0.202. The van der Waals surface area contributed by atoms with Gasteiger partial charge in [0.1, 0.15) is 5.76 Å². The largest absolute Gasteiger partial charge is 0.469 e. The number of nitrogens with zero attached hydrogens (tertiary/aromatic N) is 4. The molecule has 0 radical (unpaired) electrons. The number of ether oxygens (including phenoxy) is 1. The number of furan rings is 1. The topological polar surface area (TPSA) is 81.8 Å². The quantitative estimate of drug-likeness (QED) is 0.797. The molecule has 4 heterocycles. The maximum absolute atomic E-state index is 5.87. The molecule has 2 unspecified atom stereocenters. The van der Waals surface area contributed by atoms with Gasteiger partial charge in [0.15, 0.2) is 11.6 Å². The van der Waals surface area contributed by atoms with Crippen LogP contribution in [0.25, 0.3) is 23.0 Å². The first-order chi connectivity index (χ1) is 11.6. The molecular formula is C17H21N5O2. The number of nitrogens with one attached hydrogen (secondary N) is 1. The van der Waals surface area contributed by atoms with Crippen molar-refractivity contribution in [2.24, 2.45) is 0 Å². The van der Waals surface area contributed by atoms with E-state index < -0.39 is 0 Å². The van der Waals surface area contributed by atoms with Crippen LogP contribution in [0.15, 0.2) is 29.1 Å². The Kier molecular flexibility index (Phi) is 3.72. The van der Waals surface area contributed by atoms with Crippen LogP contribution in [0.1, 0.15) is 38.5 Å². The van der Waals surface area contributed by atoms with Crippen LogP contribution >= 0.6 is 0 Å². The van der Waals surface area contributed by atoms with E-state index in [0.717, 1.165) is 30.0 Å². The van der Waals surface area contributed by atoms with Gasteiger partial charge in [-0.25, -0.2) is 14.6 Å². The first-order valence-electron chi connectivity index (χ1n) is 8.28. The minimum atomic E-state index is 0.202. The van der Waals surface area contributed by atoms with Gasteiger partial charge in [-0.15, -0.1) is 5.10 Å². The number of aryl methyl sites for hydroxylation is 1. The average Bonchev–Trinajstić information content (AvgIpc) is 3.25. The fourth-order valence-corrected chi connectivity index (χ4v) is 3.44. The normalized spacial score (nSPS) is 24.4. The summed E-state index contributed by atoms with van der Waals surface area (Å²) in [5, 5.41) is 4.76. The average molecular weight is 327 g/mol. The van der Waals surface area contributed by atoms with Gasteiger partial charge in [0.05, 0.1) is 30.1 Å². The third-order valence-corrected chi connectivity index (χ3v) is 4.46. The smallest absolute Gasteiger partial charge is 0.217 e. The molecule has 1 fully saturated rings. The highest BCUT2D eigenvalue weighted by atomic mass is 16.5. The van der Waals surface area contributed by atoms with E-state index in [2.05, 4.69) is 23.8 Å². The molecule has 24 heavy (non-hydrogen) atoms. The zero-order valence-electron chi connectivity index (χ0n) is 14.1. The van der Waals surface area contributed by atoms with Crippen LogP contribution in [0.2, 0.25) is 0 Å². The zero-order chi connectivity index (χ0) is 16.7. The van der Waals surface area contributed by atoms with Crippen LogP contribution in [0.5, 0.6) is 0 Å². The number of hydrogen-bond acceptors (Lipinski definition) is 5. The van der Waals surface area contributed by atoms with Gasteiger partial charge in [-0.3, -0.25) is 0 Å². The Labute approximate surface area is 140 Å². The first kappa shape index (κ1) is 15.1. The fourth-order valence-electron chi connectivity index (χ4n) is 3.44. The highest BCUT2D eigenvalue weighted by Gasteiger charge is 2.30. The Hall–Kier alpha value is -2.41. The highest BCUT2D eigenvalue weighted by molar-refractivity contribution is 5.60. The predicted octanol–water partition coefficient (Wildman–Crippen LogP) is 3.37. The highest BCUT2D eigenvalue weighted by Crippen LogP contribution is 2.34. The van der Waals surface area contributed by atoms with Gasteiger partial charge < -0.3 is 14.1 Å². The monoisotopic (exact) mass is 327 g/mol. The molecule has 3 aromatic rings. The van der Waals surface area contributed by atoms with E-state index >= 15 is 0 Å². The van der Waals surface area contributed by atoms with Crippen LogP contribution in [0, 0.1) is 6.92 Å². The summed E-state index contributed by atoms with van der Waals surface area (Å²) < 4.78 is 13.4. The molecule has 3 aromatic heterocycles. The molecule has 1 saturated heterocycles. The van der Waals surface area contributed by atoms with Gasteiger partial charge in [0.2, 0.25) is 5.82 Å². The molecule has 126 valence electrons. The van der Waals surface area contributed by atoms with E-state index in [9.17, 15) is 0 Å². The van der Waals surface area contributed by atoms with Gasteiger partial charge in [0.25, 0.3) is 0 Å². The summed E-state index contributed by atoms with van der Waals surface area (Å²) in [6.45, 7) is 6.15. The Bertz CT molecular complexity index is 810. The summed E-state index contributed by atoms with van der Waals surface area (Å²) in [6, 6.07) is 2.18. The van der Waals surface area contributed by atoms with Crippen LogP contribution in [0.3, 0.4) is 0 Å². The molecule has 0 bridgehead atoms. The van der Waals surface area contributed by atoms with Gasteiger partial charge in [0, 0.05) is 12.4 Å². The van der Waals surface area contributed by atoms with Crippen molar-refractivity contribution in [2.45, 2.75) is 51.9 Å².